The van der Waals surface area contributed by atoms with Gasteiger partial charge in [0.15, 0.2) is 0 Å². The van der Waals surface area contributed by atoms with Crippen LogP contribution in [-0.2, 0) is 4.74 Å². The summed E-state index contributed by atoms with van der Waals surface area (Å²) in [6.45, 7) is 0. The lowest BCUT2D eigenvalue weighted by atomic mass is 10.1. The number of aromatic nitrogens is 1. The molecule has 0 saturated heterocycles. The third-order valence-corrected chi connectivity index (χ3v) is 3.19. The van der Waals surface area contributed by atoms with Crippen LogP contribution in [0, 0.1) is 0 Å². The fraction of sp³-hybridized carbons (Fsp3) is 0.231. The second-order valence-electron chi connectivity index (χ2n) is 3.63. The van der Waals surface area contributed by atoms with Crippen LogP contribution in [0.5, 0.6) is 11.5 Å². The van der Waals surface area contributed by atoms with Gasteiger partial charge in [0.2, 0.25) is 0 Å². The topological polar surface area (TPSA) is 57.7 Å². The standard InChI is InChI=1S/C13H13NO4S/c1-16-10-6-8(9-4-5-19-14-9)7-11(17-2)12(10)13(15)18-3/h4-7H,1-3H3. The van der Waals surface area contributed by atoms with Crippen LogP contribution in [0.25, 0.3) is 11.3 Å². The predicted molar refractivity (Wildman–Crippen MR) is 72.0 cm³/mol. The van der Waals surface area contributed by atoms with Crippen LogP contribution in [0.2, 0.25) is 0 Å². The van der Waals surface area contributed by atoms with Crippen LogP contribution in [0.15, 0.2) is 23.6 Å². The summed E-state index contributed by atoms with van der Waals surface area (Å²) in [5, 5.41) is 1.88. The highest BCUT2D eigenvalue weighted by atomic mass is 32.1. The second kappa shape index (κ2) is 5.71. The van der Waals surface area contributed by atoms with E-state index in [4.69, 9.17) is 14.2 Å². The van der Waals surface area contributed by atoms with Gasteiger partial charge in [0.05, 0.1) is 27.0 Å². The molecule has 0 fully saturated rings. The summed E-state index contributed by atoms with van der Waals surface area (Å²) in [4.78, 5) is 11.8. The van der Waals surface area contributed by atoms with E-state index in [1.807, 2.05) is 11.4 Å². The zero-order valence-corrected chi connectivity index (χ0v) is 11.6. The Morgan fingerprint density at radius 2 is 1.79 bits per heavy atom. The van der Waals surface area contributed by atoms with Gasteiger partial charge in [-0.1, -0.05) is 0 Å². The van der Waals surface area contributed by atoms with Gasteiger partial charge in [-0.2, -0.15) is 4.37 Å². The Balaban J connectivity index is 2.61. The molecular formula is C13H13NO4S. The van der Waals surface area contributed by atoms with E-state index in [9.17, 15) is 4.79 Å². The number of hydrogen-bond acceptors (Lipinski definition) is 6. The minimum absolute atomic E-state index is 0.270. The first-order chi connectivity index (χ1) is 9.21. The maximum absolute atomic E-state index is 11.8. The molecule has 0 aliphatic carbocycles. The zero-order valence-electron chi connectivity index (χ0n) is 10.8. The Hall–Kier alpha value is -2.08. The average Bonchev–Trinajstić information content (AvgIpc) is 2.99. The average molecular weight is 279 g/mol. The van der Waals surface area contributed by atoms with E-state index in [0.29, 0.717) is 11.5 Å². The molecule has 1 heterocycles. The van der Waals surface area contributed by atoms with Crippen molar-refractivity contribution in [2.24, 2.45) is 0 Å². The number of rotatable bonds is 4. The van der Waals surface area contributed by atoms with E-state index < -0.39 is 5.97 Å². The van der Waals surface area contributed by atoms with Gasteiger partial charge < -0.3 is 14.2 Å². The molecule has 0 spiro atoms. The highest BCUT2D eigenvalue weighted by molar-refractivity contribution is 7.03. The summed E-state index contributed by atoms with van der Waals surface area (Å²) < 4.78 is 19.5. The molecule has 0 unspecified atom stereocenters. The largest absolute Gasteiger partial charge is 0.496 e. The van der Waals surface area contributed by atoms with Crippen LogP contribution < -0.4 is 9.47 Å². The summed E-state index contributed by atoms with van der Waals surface area (Å²) in [5.41, 5.74) is 1.90. The fourth-order valence-electron chi connectivity index (χ4n) is 1.72. The van der Waals surface area contributed by atoms with Crippen molar-refractivity contribution in [2.45, 2.75) is 0 Å². The lowest BCUT2D eigenvalue weighted by Gasteiger charge is -2.13. The number of nitrogens with zero attached hydrogens (tertiary/aromatic N) is 1. The molecule has 0 radical (unpaired) electrons. The van der Waals surface area contributed by atoms with E-state index in [2.05, 4.69) is 4.37 Å². The SMILES string of the molecule is COC(=O)c1c(OC)cc(-c2ccsn2)cc1OC. The van der Waals surface area contributed by atoms with E-state index in [0.717, 1.165) is 11.3 Å². The van der Waals surface area contributed by atoms with Crippen molar-refractivity contribution >= 4 is 17.5 Å². The van der Waals surface area contributed by atoms with Crippen molar-refractivity contribution in [2.75, 3.05) is 21.3 Å². The molecule has 0 amide bonds. The maximum atomic E-state index is 11.8. The quantitative estimate of drug-likeness (QED) is 0.805. The van der Waals surface area contributed by atoms with E-state index in [1.54, 1.807) is 12.1 Å². The molecule has 5 nitrogen and oxygen atoms in total. The lowest BCUT2D eigenvalue weighted by Crippen LogP contribution is -2.07. The Morgan fingerprint density at radius 1 is 1.16 bits per heavy atom. The second-order valence-corrected chi connectivity index (χ2v) is 4.30. The number of esters is 1. The minimum Gasteiger partial charge on any atom is -0.496 e. The molecule has 2 aromatic rings. The first-order valence-corrected chi connectivity index (χ1v) is 6.30. The Kier molecular flexibility index (Phi) is 4.01. The van der Waals surface area contributed by atoms with Gasteiger partial charge in [-0.3, -0.25) is 0 Å². The molecule has 0 saturated carbocycles. The Morgan fingerprint density at radius 3 is 2.21 bits per heavy atom. The van der Waals surface area contributed by atoms with Crippen molar-refractivity contribution in [3.8, 4) is 22.8 Å². The minimum atomic E-state index is -0.501. The van der Waals surface area contributed by atoms with Gasteiger partial charge in [-0.05, 0) is 29.7 Å². The Bertz CT molecular complexity index is 555. The van der Waals surface area contributed by atoms with Gasteiger partial charge in [0.25, 0.3) is 0 Å². The first-order valence-electron chi connectivity index (χ1n) is 5.46. The summed E-state index contributed by atoms with van der Waals surface area (Å²) >= 11 is 1.35. The van der Waals surface area contributed by atoms with E-state index in [-0.39, 0.29) is 5.56 Å². The molecule has 0 aliphatic rings. The van der Waals surface area contributed by atoms with Gasteiger partial charge in [0.1, 0.15) is 17.1 Å². The molecule has 100 valence electrons. The van der Waals surface area contributed by atoms with Crippen molar-refractivity contribution in [3.05, 3.63) is 29.1 Å². The molecular weight excluding hydrogens is 266 g/mol. The number of carbonyl (C=O) groups is 1. The van der Waals surface area contributed by atoms with Crippen molar-refractivity contribution in [1.29, 1.82) is 0 Å². The van der Waals surface area contributed by atoms with Gasteiger partial charge >= 0.3 is 5.97 Å². The number of benzene rings is 1. The molecule has 2 rings (SSSR count). The van der Waals surface area contributed by atoms with Crippen LogP contribution in [0.3, 0.4) is 0 Å². The molecule has 6 heteroatoms. The van der Waals surface area contributed by atoms with Crippen molar-refractivity contribution in [1.82, 2.24) is 4.37 Å². The van der Waals surface area contributed by atoms with Gasteiger partial charge in [0, 0.05) is 10.9 Å². The molecule has 0 atom stereocenters. The van der Waals surface area contributed by atoms with E-state index >= 15 is 0 Å². The summed E-state index contributed by atoms with van der Waals surface area (Å²) in [5.74, 6) is 0.293. The molecule has 19 heavy (non-hydrogen) atoms. The van der Waals surface area contributed by atoms with Gasteiger partial charge in [-0.15, -0.1) is 0 Å². The van der Waals surface area contributed by atoms with Crippen molar-refractivity contribution < 1.29 is 19.0 Å². The summed E-state index contributed by atoms with van der Waals surface area (Å²) in [6.07, 6.45) is 0. The molecule has 1 aromatic heterocycles. The lowest BCUT2D eigenvalue weighted by molar-refractivity contribution is 0.0593. The molecule has 0 aliphatic heterocycles. The Labute approximate surface area is 114 Å². The summed E-state index contributed by atoms with van der Waals surface area (Å²) in [7, 11) is 4.30. The van der Waals surface area contributed by atoms with E-state index in [1.165, 1.54) is 32.9 Å². The number of hydrogen-bond donors (Lipinski definition) is 0. The highest BCUT2D eigenvalue weighted by Crippen LogP contribution is 2.35. The highest BCUT2D eigenvalue weighted by Gasteiger charge is 2.21. The third kappa shape index (κ3) is 2.53. The van der Waals surface area contributed by atoms with Gasteiger partial charge in [-0.25, -0.2) is 4.79 Å². The molecule has 1 aromatic carbocycles. The fourth-order valence-corrected chi connectivity index (χ4v) is 2.25. The monoisotopic (exact) mass is 279 g/mol. The predicted octanol–water partition coefficient (Wildman–Crippen LogP) is 2.61. The van der Waals surface area contributed by atoms with Crippen LogP contribution >= 0.6 is 11.5 Å². The zero-order chi connectivity index (χ0) is 13.8. The number of carbonyl (C=O) groups excluding carboxylic acids is 1. The summed E-state index contributed by atoms with van der Waals surface area (Å²) in [6, 6.07) is 5.37. The molecule has 0 N–H and O–H groups in total. The normalized spacial score (nSPS) is 10.1. The van der Waals surface area contributed by atoms with Crippen LogP contribution in [0.1, 0.15) is 10.4 Å². The molecule has 0 bridgehead atoms. The smallest absolute Gasteiger partial charge is 0.345 e. The van der Waals surface area contributed by atoms with Crippen molar-refractivity contribution in [3.63, 3.8) is 0 Å². The first kappa shape index (κ1) is 13.4. The maximum Gasteiger partial charge on any atom is 0.345 e. The van der Waals surface area contributed by atoms with Crippen LogP contribution in [0.4, 0.5) is 0 Å². The third-order valence-electron chi connectivity index (χ3n) is 2.63. The number of ether oxygens (including phenoxy) is 3. The van der Waals surface area contributed by atoms with Crippen LogP contribution in [-0.4, -0.2) is 31.7 Å². The number of methoxy groups -OCH3 is 3.